The van der Waals surface area contributed by atoms with Crippen LogP contribution in [-0.4, -0.2) is 23.4 Å². The maximum Gasteiger partial charge on any atom is 0.257 e. The van der Waals surface area contributed by atoms with Crippen LogP contribution >= 0.6 is 15.9 Å². The van der Waals surface area contributed by atoms with Crippen LogP contribution in [0.1, 0.15) is 15.9 Å². The summed E-state index contributed by atoms with van der Waals surface area (Å²) < 4.78 is 0.944. The lowest BCUT2D eigenvalue weighted by Crippen LogP contribution is -2.36. The number of H-pyrrole nitrogens is 1. The Kier molecular flexibility index (Phi) is 6.25. The quantitative estimate of drug-likeness (QED) is 0.276. The number of carbonyl (C=O) groups is 1. The van der Waals surface area contributed by atoms with Crippen molar-refractivity contribution in [2.45, 2.75) is 6.42 Å². The number of nitrogens with zero attached hydrogens (tertiary/aromatic N) is 1. The molecule has 30 heavy (non-hydrogen) atoms. The van der Waals surface area contributed by atoms with Crippen molar-refractivity contribution < 1.29 is 4.79 Å². The van der Waals surface area contributed by atoms with Gasteiger partial charge in [-0.1, -0.05) is 58.4 Å². The highest BCUT2D eigenvalue weighted by Gasteiger charge is 2.09. The number of anilines is 1. The van der Waals surface area contributed by atoms with Crippen molar-refractivity contribution in [3.8, 4) is 0 Å². The van der Waals surface area contributed by atoms with Gasteiger partial charge >= 0.3 is 0 Å². The van der Waals surface area contributed by atoms with E-state index in [0.717, 1.165) is 22.1 Å². The minimum Gasteiger partial charge on any atom is -0.361 e. The fourth-order valence-corrected chi connectivity index (χ4v) is 3.61. The van der Waals surface area contributed by atoms with Gasteiger partial charge in [0, 0.05) is 39.4 Å². The van der Waals surface area contributed by atoms with Gasteiger partial charge in [0.05, 0.1) is 0 Å². The molecule has 1 heterocycles. The Morgan fingerprint density at radius 2 is 1.77 bits per heavy atom. The number of para-hydroxylation sites is 1. The summed E-state index contributed by atoms with van der Waals surface area (Å²) in [7, 11) is 0. The summed E-state index contributed by atoms with van der Waals surface area (Å²) in [5.41, 5.74) is 3.73. The smallest absolute Gasteiger partial charge is 0.257 e. The maximum absolute atomic E-state index is 12.6. The van der Waals surface area contributed by atoms with Crippen LogP contribution < -0.4 is 10.6 Å². The number of halogens is 1. The van der Waals surface area contributed by atoms with Gasteiger partial charge in [0.25, 0.3) is 5.91 Å². The number of benzene rings is 3. The summed E-state index contributed by atoms with van der Waals surface area (Å²) in [5.74, 6) is 0.214. The van der Waals surface area contributed by atoms with Gasteiger partial charge in [-0.3, -0.25) is 15.1 Å². The van der Waals surface area contributed by atoms with E-state index in [2.05, 4.69) is 48.7 Å². The van der Waals surface area contributed by atoms with E-state index in [9.17, 15) is 4.79 Å². The first-order valence-electron chi connectivity index (χ1n) is 9.67. The molecule has 150 valence electrons. The highest BCUT2D eigenvalue weighted by Crippen LogP contribution is 2.18. The van der Waals surface area contributed by atoms with Crippen LogP contribution in [0.3, 0.4) is 0 Å². The van der Waals surface area contributed by atoms with Crippen LogP contribution in [0.4, 0.5) is 5.69 Å². The lowest BCUT2D eigenvalue weighted by atomic mass is 10.1. The number of nitrogens with one attached hydrogen (secondary N) is 3. The monoisotopic (exact) mass is 460 g/mol. The van der Waals surface area contributed by atoms with Crippen molar-refractivity contribution in [2.75, 3.05) is 11.9 Å². The van der Waals surface area contributed by atoms with E-state index in [4.69, 9.17) is 0 Å². The van der Waals surface area contributed by atoms with Gasteiger partial charge in [-0.05, 0) is 48.4 Å². The second-order valence-corrected chi connectivity index (χ2v) is 7.71. The molecule has 0 bridgehead atoms. The average Bonchev–Trinajstić information content (AvgIpc) is 3.17. The minimum absolute atomic E-state index is 0.205. The summed E-state index contributed by atoms with van der Waals surface area (Å²) >= 11 is 3.47. The molecule has 1 aromatic heterocycles. The van der Waals surface area contributed by atoms with Gasteiger partial charge in [-0.2, -0.15) is 0 Å². The normalized spacial score (nSPS) is 11.4. The van der Waals surface area contributed by atoms with E-state index < -0.39 is 0 Å². The third kappa shape index (κ3) is 4.96. The van der Waals surface area contributed by atoms with Crippen LogP contribution in [0.15, 0.2) is 94.5 Å². The van der Waals surface area contributed by atoms with Gasteiger partial charge in [-0.25, -0.2) is 0 Å². The summed E-state index contributed by atoms with van der Waals surface area (Å²) in [4.78, 5) is 20.6. The van der Waals surface area contributed by atoms with Crippen molar-refractivity contribution >= 4 is 44.4 Å². The van der Waals surface area contributed by atoms with Crippen LogP contribution in [0.5, 0.6) is 0 Å². The molecule has 1 amide bonds. The Morgan fingerprint density at radius 3 is 2.60 bits per heavy atom. The molecule has 0 radical (unpaired) electrons. The van der Waals surface area contributed by atoms with E-state index in [1.807, 2.05) is 60.8 Å². The third-order valence-corrected chi connectivity index (χ3v) is 5.17. The Balaban J connectivity index is 1.51. The second-order valence-electron chi connectivity index (χ2n) is 6.80. The molecule has 0 aliphatic heterocycles. The zero-order valence-electron chi connectivity index (χ0n) is 16.2. The Bertz CT molecular complexity index is 1180. The topological polar surface area (TPSA) is 69.3 Å². The predicted molar refractivity (Wildman–Crippen MR) is 126 cm³/mol. The third-order valence-electron chi connectivity index (χ3n) is 4.68. The fraction of sp³-hybridized carbons (Fsp3) is 0.0833. The van der Waals surface area contributed by atoms with Crippen molar-refractivity contribution in [1.29, 1.82) is 0 Å². The Hall–Kier alpha value is -3.38. The van der Waals surface area contributed by atoms with Crippen LogP contribution in [0.2, 0.25) is 0 Å². The lowest BCUT2D eigenvalue weighted by Gasteiger charge is -2.12. The van der Waals surface area contributed by atoms with Crippen molar-refractivity contribution in [3.05, 3.63) is 101 Å². The van der Waals surface area contributed by atoms with E-state index in [1.54, 1.807) is 12.1 Å². The average molecular weight is 461 g/mol. The molecule has 0 aliphatic carbocycles. The molecule has 0 unspecified atom stereocenters. The standard InChI is InChI=1S/C24H21BrN4O/c25-19-9-6-10-20(15-19)28-24(29-23(30)17-7-2-1-3-8-17)26-14-13-18-16-27-22-12-5-4-11-21(18)22/h1-12,15-16,27H,13-14H2,(H2,26,28,29,30). The SMILES string of the molecule is O=C(NC(=NCCc1c[nH]c2ccccc12)Nc1cccc(Br)c1)c1ccccc1. The number of aromatic nitrogens is 1. The van der Waals surface area contributed by atoms with E-state index in [0.29, 0.717) is 18.1 Å². The largest absolute Gasteiger partial charge is 0.361 e. The van der Waals surface area contributed by atoms with E-state index in [1.165, 1.54) is 10.9 Å². The number of amides is 1. The summed E-state index contributed by atoms with van der Waals surface area (Å²) in [6.07, 6.45) is 2.78. The second kappa shape index (κ2) is 9.41. The van der Waals surface area contributed by atoms with Gasteiger partial charge in [0.15, 0.2) is 0 Å². The molecule has 0 saturated heterocycles. The fourth-order valence-electron chi connectivity index (χ4n) is 3.21. The van der Waals surface area contributed by atoms with Crippen molar-refractivity contribution in [1.82, 2.24) is 10.3 Å². The number of aromatic amines is 1. The first kappa shape index (κ1) is 19.9. The molecule has 4 rings (SSSR count). The lowest BCUT2D eigenvalue weighted by molar-refractivity contribution is 0.0977. The number of guanidine groups is 1. The summed E-state index contributed by atoms with van der Waals surface area (Å²) in [6, 6.07) is 25.0. The zero-order valence-corrected chi connectivity index (χ0v) is 17.8. The molecule has 3 N–H and O–H groups in total. The molecule has 5 nitrogen and oxygen atoms in total. The summed E-state index contributed by atoms with van der Waals surface area (Å²) in [6.45, 7) is 0.535. The van der Waals surface area contributed by atoms with Gasteiger partial charge in [-0.15, -0.1) is 0 Å². The van der Waals surface area contributed by atoms with Gasteiger partial charge in [0.2, 0.25) is 5.96 Å². The van der Waals surface area contributed by atoms with Crippen LogP contribution in [0.25, 0.3) is 10.9 Å². The first-order chi connectivity index (χ1) is 14.7. The molecule has 6 heteroatoms. The van der Waals surface area contributed by atoms with E-state index >= 15 is 0 Å². The van der Waals surface area contributed by atoms with Crippen LogP contribution in [0, 0.1) is 0 Å². The molecule has 3 aromatic carbocycles. The number of rotatable bonds is 5. The molecular weight excluding hydrogens is 440 g/mol. The molecule has 0 fully saturated rings. The molecule has 0 saturated carbocycles. The maximum atomic E-state index is 12.6. The van der Waals surface area contributed by atoms with Gasteiger partial charge < -0.3 is 10.3 Å². The predicted octanol–water partition coefficient (Wildman–Crippen LogP) is 5.37. The summed E-state index contributed by atoms with van der Waals surface area (Å²) in [5, 5.41) is 7.31. The number of aliphatic imine (C=N–C) groups is 1. The van der Waals surface area contributed by atoms with Gasteiger partial charge in [0.1, 0.15) is 0 Å². The number of fused-ring (bicyclic) bond motifs is 1. The molecule has 0 aliphatic rings. The van der Waals surface area contributed by atoms with Crippen LogP contribution in [-0.2, 0) is 6.42 Å². The minimum atomic E-state index is -0.205. The highest BCUT2D eigenvalue weighted by atomic mass is 79.9. The number of carbonyl (C=O) groups excluding carboxylic acids is 1. The number of hydrogen-bond donors (Lipinski definition) is 3. The van der Waals surface area contributed by atoms with Crippen molar-refractivity contribution in [3.63, 3.8) is 0 Å². The molecule has 0 atom stereocenters. The zero-order chi connectivity index (χ0) is 20.8. The van der Waals surface area contributed by atoms with E-state index in [-0.39, 0.29) is 5.91 Å². The first-order valence-corrected chi connectivity index (χ1v) is 10.5. The molecule has 4 aromatic rings. The molecular formula is C24H21BrN4O. The Labute approximate surface area is 183 Å². The molecule has 0 spiro atoms. The number of hydrogen-bond acceptors (Lipinski definition) is 2. The Morgan fingerprint density at radius 1 is 0.967 bits per heavy atom. The highest BCUT2D eigenvalue weighted by molar-refractivity contribution is 9.10. The van der Waals surface area contributed by atoms with Crippen molar-refractivity contribution in [2.24, 2.45) is 4.99 Å².